The number of fused-ring (bicyclic) bond motifs is 1. The largest absolute Gasteiger partial charge is 0.342 e. The van der Waals surface area contributed by atoms with Gasteiger partial charge >= 0.3 is 0 Å². The Kier molecular flexibility index (Phi) is 4.88. The summed E-state index contributed by atoms with van der Waals surface area (Å²) in [6.45, 7) is 1.57. The van der Waals surface area contributed by atoms with Gasteiger partial charge in [-0.1, -0.05) is 24.3 Å². The van der Waals surface area contributed by atoms with Crippen molar-refractivity contribution in [1.29, 1.82) is 0 Å². The van der Waals surface area contributed by atoms with E-state index in [1.54, 1.807) is 11.8 Å². The highest BCUT2D eigenvalue weighted by atomic mass is 32.2. The maximum Gasteiger partial charge on any atom is 0.245 e. The molecule has 0 bridgehead atoms. The van der Waals surface area contributed by atoms with E-state index >= 15 is 0 Å². The molecule has 22 heavy (non-hydrogen) atoms. The minimum absolute atomic E-state index is 0.0762. The van der Waals surface area contributed by atoms with Gasteiger partial charge in [0, 0.05) is 25.5 Å². The Morgan fingerprint density at radius 2 is 1.91 bits per heavy atom. The molecular formula is C18H22N2OS. The summed E-state index contributed by atoms with van der Waals surface area (Å²) >= 11 is 1.80. The standard InChI is InChI=1S/C18H22N2OS/c1-22-13-9-17(19-10-4-5-11-19)18(21)20-12-8-15-6-2-3-7-16(15)14-20/h2-7,10-11,17H,8-9,12-14H2,1H3/t17-/m1/s1. The van der Waals surface area contributed by atoms with Gasteiger partial charge in [0.25, 0.3) is 0 Å². The number of benzene rings is 1. The maximum atomic E-state index is 13.0. The number of hydrogen-bond acceptors (Lipinski definition) is 2. The highest BCUT2D eigenvalue weighted by Gasteiger charge is 2.27. The molecule has 3 rings (SSSR count). The number of thioether (sulfide) groups is 1. The topological polar surface area (TPSA) is 25.2 Å². The molecule has 116 valence electrons. The fraction of sp³-hybridized carbons (Fsp3) is 0.389. The van der Waals surface area contributed by atoms with Crippen LogP contribution in [-0.4, -0.2) is 33.9 Å². The highest BCUT2D eigenvalue weighted by molar-refractivity contribution is 7.98. The zero-order valence-corrected chi connectivity index (χ0v) is 13.8. The quantitative estimate of drug-likeness (QED) is 0.845. The van der Waals surface area contributed by atoms with E-state index in [9.17, 15) is 4.79 Å². The number of hydrogen-bond donors (Lipinski definition) is 0. The van der Waals surface area contributed by atoms with Crippen LogP contribution >= 0.6 is 11.8 Å². The second-order valence-electron chi connectivity index (χ2n) is 5.71. The van der Waals surface area contributed by atoms with Gasteiger partial charge in [0.15, 0.2) is 0 Å². The van der Waals surface area contributed by atoms with Crippen molar-refractivity contribution in [2.24, 2.45) is 0 Å². The van der Waals surface area contributed by atoms with E-state index in [4.69, 9.17) is 0 Å². The number of carbonyl (C=O) groups is 1. The summed E-state index contributed by atoms with van der Waals surface area (Å²) < 4.78 is 2.05. The van der Waals surface area contributed by atoms with Gasteiger partial charge in [-0.25, -0.2) is 0 Å². The van der Waals surface area contributed by atoms with E-state index in [1.807, 2.05) is 29.4 Å². The van der Waals surface area contributed by atoms with Crippen LogP contribution in [0.5, 0.6) is 0 Å². The van der Waals surface area contributed by atoms with Crippen LogP contribution < -0.4 is 0 Å². The van der Waals surface area contributed by atoms with Crippen LogP contribution in [0.25, 0.3) is 0 Å². The lowest BCUT2D eigenvalue weighted by Crippen LogP contribution is -2.40. The molecule has 1 aliphatic rings. The summed E-state index contributed by atoms with van der Waals surface area (Å²) in [5, 5.41) is 0. The number of nitrogens with zero attached hydrogens (tertiary/aromatic N) is 2. The van der Waals surface area contributed by atoms with Crippen LogP contribution in [0.3, 0.4) is 0 Å². The van der Waals surface area contributed by atoms with Gasteiger partial charge in [-0.2, -0.15) is 11.8 Å². The molecule has 1 aromatic heterocycles. The minimum Gasteiger partial charge on any atom is -0.342 e. The van der Waals surface area contributed by atoms with Crippen LogP contribution in [0.2, 0.25) is 0 Å². The Hall–Kier alpha value is -1.68. The first kappa shape index (κ1) is 15.2. The average molecular weight is 314 g/mol. The third-order valence-electron chi connectivity index (χ3n) is 4.31. The SMILES string of the molecule is CSCC[C@H](C(=O)N1CCc2ccccc2C1)n1cccc1. The van der Waals surface area contributed by atoms with Crippen molar-refractivity contribution >= 4 is 17.7 Å². The maximum absolute atomic E-state index is 13.0. The van der Waals surface area contributed by atoms with E-state index in [1.165, 1.54) is 11.1 Å². The van der Waals surface area contributed by atoms with Gasteiger partial charge in [-0.15, -0.1) is 0 Å². The van der Waals surface area contributed by atoms with Gasteiger partial charge in [0.05, 0.1) is 0 Å². The predicted octanol–water partition coefficient (Wildman–Crippen LogP) is 3.37. The number of aromatic nitrogens is 1. The summed E-state index contributed by atoms with van der Waals surface area (Å²) in [4.78, 5) is 15.0. The van der Waals surface area contributed by atoms with Crippen molar-refractivity contribution < 1.29 is 4.79 Å². The minimum atomic E-state index is -0.0762. The summed E-state index contributed by atoms with van der Waals surface area (Å²) in [6, 6.07) is 12.4. The van der Waals surface area contributed by atoms with Crippen molar-refractivity contribution in [1.82, 2.24) is 9.47 Å². The van der Waals surface area contributed by atoms with Crippen LogP contribution in [0, 0.1) is 0 Å². The summed E-state index contributed by atoms with van der Waals surface area (Å²) in [5.74, 6) is 1.25. The average Bonchev–Trinajstić information content (AvgIpc) is 3.09. The van der Waals surface area contributed by atoms with Gasteiger partial charge < -0.3 is 9.47 Å². The van der Waals surface area contributed by atoms with E-state index in [0.29, 0.717) is 0 Å². The second kappa shape index (κ2) is 7.05. The molecule has 0 N–H and O–H groups in total. The molecule has 0 radical (unpaired) electrons. The first-order chi connectivity index (χ1) is 10.8. The number of amides is 1. The molecule has 1 aliphatic heterocycles. The highest BCUT2D eigenvalue weighted by Crippen LogP contribution is 2.24. The molecule has 0 aliphatic carbocycles. The lowest BCUT2D eigenvalue weighted by atomic mass is 9.99. The lowest BCUT2D eigenvalue weighted by molar-refractivity contribution is -0.135. The first-order valence-corrected chi connectivity index (χ1v) is 9.16. The van der Waals surface area contributed by atoms with Crippen LogP contribution in [0.4, 0.5) is 0 Å². The van der Waals surface area contributed by atoms with Gasteiger partial charge in [0.2, 0.25) is 5.91 Å². The lowest BCUT2D eigenvalue weighted by Gasteiger charge is -2.32. The monoisotopic (exact) mass is 314 g/mol. The molecule has 3 nitrogen and oxygen atoms in total. The summed E-state index contributed by atoms with van der Waals surface area (Å²) in [5.41, 5.74) is 2.67. The van der Waals surface area contributed by atoms with Gasteiger partial charge in [0.1, 0.15) is 6.04 Å². The zero-order chi connectivity index (χ0) is 15.4. The van der Waals surface area contributed by atoms with Crippen LogP contribution in [0.1, 0.15) is 23.6 Å². The molecule has 4 heteroatoms. The molecule has 0 fully saturated rings. The molecule has 1 aromatic carbocycles. The smallest absolute Gasteiger partial charge is 0.245 e. The molecule has 1 atom stereocenters. The third-order valence-corrected chi connectivity index (χ3v) is 4.95. The molecule has 0 saturated heterocycles. The second-order valence-corrected chi connectivity index (χ2v) is 6.69. The Morgan fingerprint density at radius 3 is 2.64 bits per heavy atom. The van der Waals surface area contributed by atoms with Crippen molar-refractivity contribution in [3.8, 4) is 0 Å². The van der Waals surface area contributed by atoms with Crippen LogP contribution in [-0.2, 0) is 17.8 Å². The molecular weight excluding hydrogens is 292 g/mol. The Bertz CT molecular complexity index is 624. The van der Waals surface area contributed by atoms with Crippen molar-refractivity contribution in [3.63, 3.8) is 0 Å². The third kappa shape index (κ3) is 3.22. The van der Waals surface area contributed by atoms with Crippen molar-refractivity contribution in [3.05, 3.63) is 59.9 Å². The molecule has 0 saturated carbocycles. The van der Waals surface area contributed by atoms with E-state index in [-0.39, 0.29) is 11.9 Å². The van der Waals surface area contributed by atoms with E-state index in [0.717, 1.165) is 31.7 Å². The molecule has 1 amide bonds. The van der Waals surface area contributed by atoms with E-state index < -0.39 is 0 Å². The zero-order valence-electron chi connectivity index (χ0n) is 12.9. The number of rotatable bonds is 5. The normalized spacial score (nSPS) is 15.4. The first-order valence-electron chi connectivity index (χ1n) is 7.76. The fourth-order valence-corrected chi connectivity index (χ4v) is 3.54. The summed E-state index contributed by atoms with van der Waals surface area (Å²) in [6.07, 6.45) is 7.94. The Labute approximate surface area is 136 Å². The Balaban J connectivity index is 1.76. The molecule has 2 heterocycles. The Morgan fingerprint density at radius 1 is 1.18 bits per heavy atom. The predicted molar refractivity (Wildman–Crippen MR) is 92.0 cm³/mol. The van der Waals surface area contributed by atoms with Crippen molar-refractivity contribution in [2.75, 3.05) is 18.6 Å². The fourth-order valence-electron chi connectivity index (χ4n) is 3.08. The van der Waals surface area contributed by atoms with Crippen molar-refractivity contribution in [2.45, 2.75) is 25.4 Å². The van der Waals surface area contributed by atoms with E-state index in [2.05, 4.69) is 35.1 Å². The van der Waals surface area contributed by atoms with Gasteiger partial charge in [-0.05, 0) is 48.1 Å². The molecule has 2 aromatic rings. The number of carbonyl (C=O) groups excluding carboxylic acids is 1. The molecule has 0 unspecified atom stereocenters. The molecule has 0 spiro atoms. The van der Waals surface area contributed by atoms with Crippen LogP contribution in [0.15, 0.2) is 48.8 Å². The summed E-state index contributed by atoms with van der Waals surface area (Å²) in [7, 11) is 0. The van der Waals surface area contributed by atoms with Gasteiger partial charge in [-0.3, -0.25) is 4.79 Å².